The molecule has 2 aromatic carbocycles. The van der Waals surface area contributed by atoms with E-state index in [0.29, 0.717) is 30.1 Å². The number of aromatic nitrogens is 1. The number of aryl methyl sites for hydroxylation is 1. The molecular formula is C25H28N4O4S. The third-order valence-corrected chi connectivity index (χ3v) is 7.24. The number of carbonyl (C=O) groups is 1. The number of methoxy groups -OCH3 is 1. The molecule has 34 heavy (non-hydrogen) atoms. The Hall–Kier alpha value is -3.43. The van der Waals surface area contributed by atoms with Crippen LogP contribution in [-0.2, 0) is 16.6 Å². The topological polar surface area (TPSA) is 91.8 Å². The van der Waals surface area contributed by atoms with Crippen LogP contribution in [0.15, 0.2) is 71.8 Å². The summed E-state index contributed by atoms with van der Waals surface area (Å²) in [5.41, 5.74) is 2.55. The van der Waals surface area contributed by atoms with Crippen LogP contribution in [0.5, 0.6) is 5.75 Å². The maximum atomic E-state index is 13.3. The van der Waals surface area contributed by atoms with Gasteiger partial charge in [-0.05, 0) is 61.0 Å². The molecule has 0 bridgehead atoms. The largest absolute Gasteiger partial charge is 0.497 e. The molecule has 0 radical (unpaired) electrons. The summed E-state index contributed by atoms with van der Waals surface area (Å²) in [6, 6.07) is 17.1. The van der Waals surface area contributed by atoms with Gasteiger partial charge in [-0.25, -0.2) is 8.42 Å². The van der Waals surface area contributed by atoms with Gasteiger partial charge in [0.2, 0.25) is 0 Å². The zero-order valence-electron chi connectivity index (χ0n) is 19.3. The number of anilines is 1. The maximum absolute atomic E-state index is 13.3. The molecule has 0 aliphatic carbocycles. The number of rotatable bonds is 7. The molecule has 1 saturated heterocycles. The van der Waals surface area contributed by atoms with E-state index in [4.69, 9.17) is 4.74 Å². The second-order valence-electron chi connectivity index (χ2n) is 8.20. The van der Waals surface area contributed by atoms with Crippen molar-refractivity contribution in [3.8, 4) is 5.75 Å². The fraction of sp³-hybridized carbons (Fsp3) is 0.280. The monoisotopic (exact) mass is 480 g/mol. The number of nitrogens with zero attached hydrogens (tertiary/aromatic N) is 3. The van der Waals surface area contributed by atoms with Gasteiger partial charge in [-0.3, -0.25) is 19.4 Å². The normalized spacial score (nSPS) is 14.6. The molecule has 1 aromatic heterocycles. The molecule has 9 heteroatoms. The second kappa shape index (κ2) is 10.2. The molecule has 3 aromatic rings. The number of amides is 1. The first-order chi connectivity index (χ1) is 16.4. The van der Waals surface area contributed by atoms with Crippen molar-refractivity contribution >= 4 is 21.6 Å². The molecular weight excluding hydrogens is 452 g/mol. The summed E-state index contributed by atoms with van der Waals surface area (Å²) in [7, 11) is -2.31. The summed E-state index contributed by atoms with van der Waals surface area (Å²) in [5.74, 6) is 0.475. The van der Waals surface area contributed by atoms with E-state index in [1.165, 1.54) is 12.1 Å². The van der Waals surface area contributed by atoms with Crippen LogP contribution in [0.2, 0.25) is 0 Å². The van der Waals surface area contributed by atoms with Crippen LogP contribution < -0.4 is 9.46 Å². The van der Waals surface area contributed by atoms with Crippen molar-refractivity contribution in [2.45, 2.75) is 18.4 Å². The quantitative estimate of drug-likeness (QED) is 0.559. The fourth-order valence-electron chi connectivity index (χ4n) is 3.87. The van der Waals surface area contributed by atoms with Gasteiger partial charge in [0.1, 0.15) is 5.75 Å². The maximum Gasteiger partial charge on any atom is 0.261 e. The van der Waals surface area contributed by atoms with E-state index in [2.05, 4.69) is 14.6 Å². The summed E-state index contributed by atoms with van der Waals surface area (Å²) in [6.07, 6.45) is 1.78. The third kappa shape index (κ3) is 5.55. The van der Waals surface area contributed by atoms with Crippen molar-refractivity contribution in [2.75, 3.05) is 38.0 Å². The standard InChI is InChI=1S/C25H28N4O4S/c1-19-6-11-23(34(31,32)27-20-7-9-22(33-2)10-8-20)17-24(19)25(30)29-15-13-28(14-16-29)18-21-5-3-4-12-26-21/h3-12,17,27H,13-16,18H2,1-2H3. The number of nitrogens with one attached hydrogen (secondary N) is 1. The highest BCUT2D eigenvalue weighted by atomic mass is 32.2. The predicted octanol–water partition coefficient (Wildman–Crippen LogP) is 3.16. The van der Waals surface area contributed by atoms with Gasteiger partial charge in [-0.1, -0.05) is 12.1 Å². The minimum absolute atomic E-state index is 0.0473. The number of ether oxygens (including phenoxy) is 1. The Balaban J connectivity index is 1.44. The van der Waals surface area contributed by atoms with Crippen LogP contribution in [0.4, 0.5) is 5.69 Å². The first-order valence-corrected chi connectivity index (χ1v) is 12.5. The highest BCUT2D eigenvalue weighted by molar-refractivity contribution is 7.92. The number of benzene rings is 2. The molecule has 1 N–H and O–H groups in total. The van der Waals surface area contributed by atoms with E-state index in [-0.39, 0.29) is 10.8 Å². The van der Waals surface area contributed by atoms with Crippen LogP contribution in [-0.4, -0.2) is 62.4 Å². The molecule has 0 spiro atoms. The first kappa shape index (κ1) is 23.7. The van der Waals surface area contributed by atoms with E-state index in [9.17, 15) is 13.2 Å². The van der Waals surface area contributed by atoms with Gasteiger partial charge in [-0.2, -0.15) is 0 Å². The van der Waals surface area contributed by atoms with Crippen molar-refractivity contribution < 1.29 is 17.9 Å². The Morgan fingerprint density at radius 1 is 1.03 bits per heavy atom. The number of sulfonamides is 1. The highest BCUT2D eigenvalue weighted by Gasteiger charge is 2.25. The van der Waals surface area contributed by atoms with E-state index in [1.807, 2.05) is 25.1 Å². The van der Waals surface area contributed by atoms with Crippen molar-refractivity contribution in [1.29, 1.82) is 0 Å². The molecule has 4 rings (SSSR count). The summed E-state index contributed by atoms with van der Waals surface area (Å²) < 4.78 is 33.6. The third-order valence-electron chi connectivity index (χ3n) is 5.86. The Bertz CT molecular complexity index is 1240. The highest BCUT2D eigenvalue weighted by Crippen LogP contribution is 2.22. The zero-order valence-corrected chi connectivity index (χ0v) is 20.1. The van der Waals surface area contributed by atoms with Crippen LogP contribution >= 0.6 is 0 Å². The molecule has 0 saturated carbocycles. The summed E-state index contributed by atoms with van der Waals surface area (Å²) in [5, 5.41) is 0. The van der Waals surface area contributed by atoms with Crippen LogP contribution in [0.1, 0.15) is 21.6 Å². The van der Waals surface area contributed by atoms with Crippen molar-refractivity contribution in [3.63, 3.8) is 0 Å². The number of piperazine rings is 1. The number of carbonyl (C=O) groups excluding carboxylic acids is 1. The Labute approximate surface area is 200 Å². The van der Waals surface area contributed by atoms with Gasteiger partial charge in [-0.15, -0.1) is 0 Å². The lowest BCUT2D eigenvalue weighted by molar-refractivity contribution is 0.0626. The van der Waals surface area contributed by atoms with Crippen molar-refractivity contribution in [2.24, 2.45) is 0 Å². The van der Waals surface area contributed by atoms with E-state index in [0.717, 1.165) is 30.9 Å². The van der Waals surface area contributed by atoms with Gasteiger partial charge in [0, 0.05) is 50.2 Å². The molecule has 0 atom stereocenters. The summed E-state index contributed by atoms with van der Waals surface area (Å²) >= 11 is 0. The fourth-order valence-corrected chi connectivity index (χ4v) is 4.96. The van der Waals surface area contributed by atoms with Crippen LogP contribution in [0.3, 0.4) is 0 Å². The van der Waals surface area contributed by atoms with Gasteiger partial charge in [0.25, 0.3) is 15.9 Å². The summed E-state index contributed by atoms with van der Waals surface area (Å²) in [6.45, 7) is 5.18. The van der Waals surface area contributed by atoms with Crippen molar-refractivity contribution in [1.82, 2.24) is 14.8 Å². The lowest BCUT2D eigenvalue weighted by Crippen LogP contribution is -2.48. The lowest BCUT2D eigenvalue weighted by Gasteiger charge is -2.34. The van der Waals surface area contributed by atoms with Gasteiger partial charge in [0.05, 0.1) is 17.7 Å². The minimum Gasteiger partial charge on any atom is -0.497 e. The predicted molar refractivity (Wildman–Crippen MR) is 130 cm³/mol. The van der Waals surface area contributed by atoms with Crippen LogP contribution in [0.25, 0.3) is 0 Å². The van der Waals surface area contributed by atoms with Gasteiger partial charge < -0.3 is 9.64 Å². The lowest BCUT2D eigenvalue weighted by atomic mass is 10.1. The molecule has 2 heterocycles. The van der Waals surface area contributed by atoms with Crippen LogP contribution in [0, 0.1) is 6.92 Å². The molecule has 0 unspecified atom stereocenters. The number of hydrogen-bond acceptors (Lipinski definition) is 6. The second-order valence-corrected chi connectivity index (χ2v) is 9.88. The zero-order chi connectivity index (χ0) is 24.1. The molecule has 1 aliphatic heterocycles. The first-order valence-electron chi connectivity index (χ1n) is 11.0. The smallest absolute Gasteiger partial charge is 0.261 e. The summed E-state index contributed by atoms with van der Waals surface area (Å²) in [4.78, 5) is 21.7. The molecule has 1 aliphatic rings. The van der Waals surface area contributed by atoms with E-state index in [1.54, 1.807) is 48.5 Å². The number of pyridine rings is 1. The Morgan fingerprint density at radius 2 is 1.76 bits per heavy atom. The average Bonchev–Trinajstić information content (AvgIpc) is 2.85. The Kier molecular flexibility index (Phi) is 7.14. The minimum atomic E-state index is -3.86. The number of hydrogen-bond donors (Lipinski definition) is 1. The molecule has 1 amide bonds. The molecule has 8 nitrogen and oxygen atoms in total. The van der Waals surface area contributed by atoms with Gasteiger partial charge in [0.15, 0.2) is 0 Å². The SMILES string of the molecule is COc1ccc(NS(=O)(=O)c2ccc(C)c(C(=O)N3CCN(Cc4ccccn4)CC3)c2)cc1. The van der Waals surface area contributed by atoms with Crippen molar-refractivity contribution in [3.05, 3.63) is 83.7 Å². The van der Waals surface area contributed by atoms with Gasteiger partial charge >= 0.3 is 0 Å². The van der Waals surface area contributed by atoms with E-state index >= 15 is 0 Å². The molecule has 178 valence electrons. The molecule has 1 fully saturated rings. The Morgan fingerprint density at radius 3 is 2.41 bits per heavy atom. The van der Waals surface area contributed by atoms with E-state index < -0.39 is 10.0 Å². The average molecular weight is 481 g/mol.